The Bertz CT molecular complexity index is 1380. The Balaban J connectivity index is 1.73. The highest BCUT2D eigenvalue weighted by Crippen LogP contribution is 2.32. The number of esters is 1. The van der Waals surface area contributed by atoms with Gasteiger partial charge >= 0.3 is 5.97 Å². The van der Waals surface area contributed by atoms with E-state index in [0.717, 1.165) is 4.31 Å². The maximum atomic E-state index is 13.5. The summed E-state index contributed by atoms with van der Waals surface area (Å²) in [7, 11) is -0.0507. The van der Waals surface area contributed by atoms with Crippen molar-refractivity contribution in [1.82, 2.24) is 5.43 Å². The third-order valence-corrected chi connectivity index (χ3v) is 6.91. The molecule has 0 saturated carbocycles. The summed E-state index contributed by atoms with van der Waals surface area (Å²) in [5.74, 6) is -0.108. The lowest BCUT2D eigenvalue weighted by Crippen LogP contribution is -2.39. The molecule has 0 saturated heterocycles. The minimum atomic E-state index is -4.16. The van der Waals surface area contributed by atoms with Crippen LogP contribution in [-0.4, -0.2) is 61.0 Å². The fraction of sp³-hybridized carbons (Fsp3) is 0.192. The smallest absolute Gasteiger partial charge is 0.343 e. The summed E-state index contributed by atoms with van der Waals surface area (Å²) in [6, 6.07) is 19.0. The lowest BCUT2D eigenvalue weighted by atomic mass is 10.2. The number of benzene rings is 3. The molecule has 0 fully saturated rings. The molecule has 3 aromatic carbocycles. The van der Waals surface area contributed by atoms with E-state index in [9.17, 15) is 18.0 Å². The third-order valence-electron chi connectivity index (χ3n) is 5.14. The maximum Gasteiger partial charge on any atom is 0.343 e. The van der Waals surface area contributed by atoms with Crippen LogP contribution >= 0.6 is 0 Å². The highest BCUT2D eigenvalue weighted by Gasteiger charge is 2.28. The number of amides is 1. The van der Waals surface area contributed by atoms with Gasteiger partial charge in [-0.3, -0.25) is 9.10 Å². The van der Waals surface area contributed by atoms with Crippen LogP contribution in [0.3, 0.4) is 0 Å². The van der Waals surface area contributed by atoms with Gasteiger partial charge in [0, 0.05) is 6.07 Å². The Morgan fingerprint density at radius 2 is 1.61 bits per heavy atom. The predicted octanol–water partition coefficient (Wildman–Crippen LogP) is 2.60. The molecule has 0 aliphatic rings. The van der Waals surface area contributed by atoms with Crippen molar-refractivity contribution in [1.29, 1.82) is 0 Å². The first-order valence-corrected chi connectivity index (χ1v) is 12.6. The quantitative estimate of drug-likeness (QED) is 0.210. The fourth-order valence-electron chi connectivity index (χ4n) is 3.21. The van der Waals surface area contributed by atoms with Crippen molar-refractivity contribution >= 4 is 33.8 Å². The number of hydrogen-bond donors (Lipinski definition) is 1. The largest absolute Gasteiger partial charge is 0.493 e. The topological polar surface area (TPSA) is 133 Å². The third kappa shape index (κ3) is 7.23. The molecule has 11 nitrogen and oxygen atoms in total. The van der Waals surface area contributed by atoms with Gasteiger partial charge in [-0.1, -0.05) is 18.2 Å². The Kier molecular flexibility index (Phi) is 9.66. The van der Waals surface area contributed by atoms with Crippen LogP contribution in [-0.2, 0) is 24.3 Å². The Labute approximate surface area is 220 Å². The Morgan fingerprint density at radius 1 is 0.921 bits per heavy atom. The zero-order valence-electron chi connectivity index (χ0n) is 21.0. The molecule has 1 amide bonds. The number of nitrogens with zero attached hydrogens (tertiary/aromatic N) is 2. The van der Waals surface area contributed by atoms with Gasteiger partial charge in [0.25, 0.3) is 15.9 Å². The number of carbonyl (C=O) groups excluding carboxylic acids is 2. The van der Waals surface area contributed by atoms with E-state index in [1.54, 1.807) is 54.6 Å². The van der Waals surface area contributed by atoms with E-state index in [1.165, 1.54) is 45.7 Å². The van der Waals surface area contributed by atoms with Crippen molar-refractivity contribution in [3.05, 3.63) is 78.4 Å². The van der Waals surface area contributed by atoms with E-state index in [-0.39, 0.29) is 17.3 Å². The number of hydrazone groups is 1. The van der Waals surface area contributed by atoms with Gasteiger partial charge in [-0.15, -0.1) is 0 Å². The molecule has 0 unspecified atom stereocenters. The Morgan fingerprint density at radius 3 is 2.24 bits per heavy atom. The molecular formula is C26H27N3O8S. The number of methoxy groups -OCH3 is 3. The van der Waals surface area contributed by atoms with Gasteiger partial charge in [-0.05, 0) is 54.1 Å². The van der Waals surface area contributed by atoms with Crippen LogP contribution in [0.15, 0.2) is 82.8 Å². The monoisotopic (exact) mass is 541 g/mol. The van der Waals surface area contributed by atoms with Gasteiger partial charge in [0.2, 0.25) is 0 Å². The number of ether oxygens (including phenoxy) is 4. The summed E-state index contributed by atoms with van der Waals surface area (Å²) < 4.78 is 48.3. The van der Waals surface area contributed by atoms with E-state index in [0.29, 0.717) is 22.7 Å². The minimum Gasteiger partial charge on any atom is -0.493 e. The first-order valence-electron chi connectivity index (χ1n) is 11.2. The summed E-state index contributed by atoms with van der Waals surface area (Å²) >= 11 is 0. The number of para-hydroxylation sites is 1. The molecule has 1 N–H and O–H groups in total. The molecule has 0 bridgehead atoms. The number of rotatable bonds is 12. The lowest BCUT2D eigenvalue weighted by molar-refractivity contribution is -0.142. The number of sulfonamides is 1. The average molecular weight is 542 g/mol. The number of carbonyl (C=O) groups is 2. The molecule has 0 aliphatic carbocycles. The van der Waals surface area contributed by atoms with Crippen molar-refractivity contribution in [3.8, 4) is 17.2 Å². The van der Waals surface area contributed by atoms with Crippen LogP contribution in [0, 0.1) is 0 Å². The molecule has 0 spiro atoms. The van der Waals surface area contributed by atoms with Gasteiger partial charge < -0.3 is 18.9 Å². The second-order valence-corrected chi connectivity index (χ2v) is 9.45. The fourth-order valence-corrected chi connectivity index (χ4v) is 4.65. The molecule has 12 heteroatoms. The summed E-state index contributed by atoms with van der Waals surface area (Å²) in [6.45, 7) is -0.748. The number of anilines is 1. The predicted molar refractivity (Wildman–Crippen MR) is 140 cm³/mol. The average Bonchev–Trinajstić information content (AvgIpc) is 2.95. The molecule has 0 atom stereocenters. The molecule has 3 rings (SSSR count). The zero-order chi connectivity index (χ0) is 27.5. The molecule has 0 aromatic heterocycles. The summed E-state index contributed by atoms with van der Waals surface area (Å²) in [5.41, 5.74) is 3.27. The van der Waals surface area contributed by atoms with Crippen LogP contribution < -0.4 is 23.9 Å². The maximum absolute atomic E-state index is 13.5. The zero-order valence-corrected chi connectivity index (χ0v) is 21.8. The second kappa shape index (κ2) is 13.1. The standard InChI is InChI=1S/C26H27N3O8S/c1-34-23-14-13-22(15-24(23)35-2)38(32,33)29(20-7-5-4-6-8-20)17-25(30)28-27-16-19-9-11-21(12-10-19)37-18-26(31)36-3/h4-16H,17-18H2,1-3H3,(H,28,30)/b27-16-. The van der Waals surface area contributed by atoms with Crippen molar-refractivity contribution < 1.29 is 37.0 Å². The highest BCUT2D eigenvalue weighted by molar-refractivity contribution is 7.92. The molecule has 38 heavy (non-hydrogen) atoms. The number of hydrogen-bond acceptors (Lipinski definition) is 9. The van der Waals surface area contributed by atoms with Crippen LogP contribution in [0.1, 0.15) is 5.56 Å². The lowest BCUT2D eigenvalue weighted by Gasteiger charge is -2.24. The van der Waals surface area contributed by atoms with Gasteiger partial charge in [-0.25, -0.2) is 18.6 Å². The van der Waals surface area contributed by atoms with Gasteiger partial charge in [0.15, 0.2) is 18.1 Å². The first-order chi connectivity index (χ1) is 18.3. The summed E-state index contributed by atoms with van der Waals surface area (Å²) in [6.07, 6.45) is 1.39. The second-order valence-electron chi connectivity index (χ2n) is 7.59. The van der Waals surface area contributed by atoms with Crippen LogP contribution in [0.2, 0.25) is 0 Å². The van der Waals surface area contributed by atoms with Crippen molar-refractivity contribution in [2.45, 2.75) is 4.90 Å². The minimum absolute atomic E-state index is 0.0789. The van der Waals surface area contributed by atoms with Crippen LogP contribution in [0.5, 0.6) is 17.2 Å². The normalized spacial score (nSPS) is 11.0. The molecular weight excluding hydrogens is 514 g/mol. The van der Waals surface area contributed by atoms with Gasteiger partial charge in [-0.2, -0.15) is 5.10 Å². The number of nitrogens with one attached hydrogen (secondary N) is 1. The summed E-state index contributed by atoms with van der Waals surface area (Å²) in [5, 5.41) is 3.91. The molecule has 0 radical (unpaired) electrons. The SMILES string of the molecule is COC(=O)COc1ccc(/C=N\NC(=O)CN(c2ccccc2)S(=O)(=O)c2ccc(OC)c(OC)c2)cc1. The van der Waals surface area contributed by atoms with Crippen molar-refractivity contribution in [2.24, 2.45) is 5.10 Å². The van der Waals surface area contributed by atoms with Crippen molar-refractivity contribution in [2.75, 3.05) is 38.8 Å². The summed E-state index contributed by atoms with van der Waals surface area (Å²) in [4.78, 5) is 23.8. The van der Waals surface area contributed by atoms with E-state index in [2.05, 4.69) is 15.3 Å². The molecule has 200 valence electrons. The highest BCUT2D eigenvalue weighted by atomic mass is 32.2. The van der Waals surface area contributed by atoms with Crippen LogP contribution in [0.25, 0.3) is 0 Å². The first kappa shape index (κ1) is 28.0. The Hall–Kier alpha value is -4.58. The van der Waals surface area contributed by atoms with E-state index in [1.807, 2.05) is 0 Å². The van der Waals surface area contributed by atoms with Crippen LogP contribution in [0.4, 0.5) is 5.69 Å². The van der Waals surface area contributed by atoms with Gasteiger partial charge in [0.1, 0.15) is 12.3 Å². The van der Waals surface area contributed by atoms with E-state index in [4.69, 9.17) is 14.2 Å². The van der Waals surface area contributed by atoms with E-state index < -0.39 is 28.4 Å². The van der Waals surface area contributed by atoms with Crippen molar-refractivity contribution in [3.63, 3.8) is 0 Å². The molecule has 0 aliphatic heterocycles. The van der Waals surface area contributed by atoms with E-state index >= 15 is 0 Å². The van der Waals surface area contributed by atoms with Gasteiger partial charge in [0.05, 0.1) is 38.1 Å². The molecule has 0 heterocycles. The molecule has 3 aromatic rings.